The van der Waals surface area contributed by atoms with Crippen molar-refractivity contribution in [3.05, 3.63) is 70.4 Å². The number of nitrogens with zero attached hydrogens (tertiary/aromatic N) is 3. The molecule has 0 spiro atoms. The van der Waals surface area contributed by atoms with E-state index in [4.69, 9.17) is 23.2 Å². The number of rotatable bonds is 3. The highest BCUT2D eigenvalue weighted by molar-refractivity contribution is 6.43. The lowest BCUT2D eigenvalue weighted by Gasteiger charge is -2.16. The highest BCUT2D eigenvalue weighted by atomic mass is 35.5. The molecule has 0 fully saturated rings. The van der Waals surface area contributed by atoms with Crippen LogP contribution in [0.1, 0.15) is 0 Å². The van der Waals surface area contributed by atoms with Crippen LogP contribution in [-0.2, 0) is 4.79 Å². The molecule has 1 amide bonds. The molecule has 2 aromatic rings. The zero-order valence-corrected chi connectivity index (χ0v) is 14.9. The average Bonchev–Trinajstić information content (AvgIpc) is 3.09. The van der Waals surface area contributed by atoms with Crippen LogP contribution in [0.4, 0.5) is 5.69 Å². The van der Waals surface area contributed by atoms with Crippen molar-refractivity contribution in [1.82, 2.24) is 15.4 Å². The van der Waals surface area contributed by atoms with E-state index in [2.05, 4.69) is 20.7 Å². The summed E-state index contributed by atoms with van der Waals surface area (Å²) in [4.78, 5) is 21.2. The molecule has 26 heavy (non-hydrogen) atoms. The van der Waals surface area contributed by atoms with Gasteiger partial charge < -0.3 is 5.32 Å². The van der Waals surface area contributed by atoms with Crippen molar-refractivity contribution >= 4 is 41.0 Å². The molecule has 4 rings (SSSR count). The first-order chi connectivity index (χ1) is 12.6. The monoisotopic (exact) mass is 385 g/mol. The molecule has 0 aliphatic carbocycles. The van der Waals surface area contributed by atoms with Crippen molar-refractivity contribution in [2.75, 3.05) is 11.9 Å². The quantitative estimate of drug-likeness (QED) is 0.846. The largest absolute Gasteiger partial charge is 0.321 e. The number of benzene rings is 1. The number of hydrogen-bond acceptors (Lipinski definition) is 5. The summed E-state index contributed by atoms with van der Waals surface area (Å²) in [6.45, 7) is 0.390. The number of hydrogen-bond donors (Lipinski definition) is 2. The number of hydrazine groups is 1. The number of carbonyl (C=O) groups excluding carboxylic acids is 1. The maximum atomic E-state index is 12.8. The number of pyridine rings is 1. The number of allylic oxidation sites excluding steroid dienone is 1. The summed E-state index contributed by atoms with van der Waals surface area (Å²) >= 11 is 12.4. The van der Waals surface area contributed by atoms with E-state index in [1.165, 1.54) is 0 Å². The number of anilines is 1. The highest BCUT2D eigenvalue weighted by Gasteiger charge is 2.27. The van der Waals surface area contributed by atoms with Gasteiger partial charge in [0.1, 0.15) is 0 Å². The Bertz CT molecular complexity index is 983. The molecule has 3 heterocycles. The van der Waals surface area contributed by atoms with Gasteiger partial charge in [0.05, 0.1) is 21.3 Å². The molecule has 1 aromatic carbocycles. The molecule has 0 radical (unpaired) electrons. The van der Waals surface area contributed by atoms with Gasteiger partial charge in [0.2, 0.25) is 0 Å². The summed E-state index contributed by atoms with van der Waals surface area (Å²) in [5, 5.41) is 5.50. The molecule has 0 bridgehead atoms. The molecule has 1 aromatic heterocycles. The van der Waals surface area contributed by atoms with E-state index in [9.17, 15) is 4.79 Å². The second-order valence-corrected chi connectivity index (χ2v) is 6.39. The van der Waals surface area contributed by atoms with Crippen LogP contribution in [0.15, 0.2) is 65.3 Å². The second-order valence-electron chi connectivity index (χ2n) is 5.60. The van der Waals surface area contributed by atoms with Crippen LogP contribution < -0.4 is 10.7 Å². The Balaban J connectivity index is 1.68. The molecule has 6 nitrogen and oxygen atoms in total. The Hall–Kier alpha value is -2.67. The Morgan fingerprint density at radius 1 is 1.23 bits per heavy atom. The SMILES string of the molecule is O=C(Nc1ccncc1-c1cccc(Cl)c1Cl)C1=C2N=CC=CN2NC1. The molecule has 8 heteroatoms. The molecule has 2 aliphatic heterocycles. The van der Waals surface area contributed by atoms with Crippen LogP contribution in [-0.4, -0.2) is 28.7 Å². The highest BCUT2D eigenvalue weighted by Crippen LogP contribution is 2.37. The standard InChI is InChI=1S/C18H13Cl2N5O/c19-14-4-1-3-11(16(14)20)12-9-21-7-5-15(12)24-18(26)13-10-23-25-8-2-6-22-17(13)25/h1-9,23H,10H2,(H,21,24,26). The summed E-state index contributed by atoms with van der Waals surface area (Å²) < 4.78 is 0. The Kier molecular flexibility index (Phi) is 4.46. The van der Waals surface area contributed by atoms with Crippen LogP contribution in [0.25, 0.3) is 11.1 Å². The van der Waals surface area contributed by atoms with Gasteiger partial charge in [0.15, 0.2) is 5.82 Å². The summed E-state index contributed by atoms with van der Waals surface area (Å²) in [5.41, 5.74) is 5.61. The fourth-order valence-electron chi connectivity index (χ4n) is 2.77. The molecule has 0 atom stereocenters. The third-order valence-corrected chi connectivity index (χ3v) is 4.85. The van der Waals surface area contributed by atoms with E-state index in [0.717, 1.165) is 0 Å². The topological polar surface area (TPSA) is 69.6 Å². The van der Waals surface area contributed by atoms with Gasteiger partial charge in [-0.05, 0) is 18.2 Å². The number of amides is 1. The minimum absolute atomic E-state index is 0.243. The maximum Gasteiger partial charge on any atom is 0.256 e. The maximum absolute atomic E-state index is 12.8. The number of halogens is 2. The molecular weight excluding hydrogens is 373 g/mol. The Morgan fingerprint density at radius 3 is 3.00 bits per heavy atom. The summed E-state index contributed by atoms with van der Waals surface area (Å²) in [6.07, 6.45) is 8.50. The normalized spacial score (nSPS) is 15.4. The molecule has 0 unspecified atom stereocenters. The molecule has 2 aliphatic rings. The first-order valence-electron chi connectivity index (χ1n) is 7.81. The number of carbonyl (C=O) groups is 1. The van der Waals surface area contributed by atoms with Gasteiger partial charge in [0.25, 0.3) is 5.91 Å². The summed E-state index contributed by atoms with van der Waals surface area (Å²) in [6, 6.07) is 7.06. The van der Waals surface area contributed by atoms with Crippen LogP contribution in [0.3, 0.4) is 0 Å². The lowest BCUT2D eigenvalue weighted by Crippen LogP contribution is -2.27. The van der Waals surface area contributed by atoms with E-state index >= 15 is 0 Å². The van der Waals surface area contributed by atoms with Gasteiger partial charge in [-0.2, -0.15) is 0 Å². The fourth-order valence-corrected chi connectivity index (χ4v) is 3.18. The average molecular weight is 386 g/mol. The van der Waals surface area contributed by atoms with Gasteiger partial charge in [0, 0.05) is 42.5 Å². The number of fused-ring (bicyclic) bond motifs is 1. The lowest BCUT2D eigenvalue weighted by molar-refractivity contribution is -0.112. The van der Waals surface area contributed by atoms with E-state index in [-0.39, 0.29) is 5.91 Å². The minimum Gasteiger partial charge on any atom is -0.321 e. The predicted molar refractivity (Wildman–Crippen MR) is 103 cm³/mol. The van der Waals surface area contributed by atoms with Crippen molar-refractivity contribution in [1.29, 1.82) is 0 Å². The zero-order chi connectivity index (χ0) is 18.1. The number of aliphatic imine (C=N–C) groups is 1. The molecule has 130 valence electrons. The van der Waals surface area contributed by atoms with Crippen molar-refractivity contribution < 1.29 is 4.79 Å². The van der Waals surface area contributed by atoms with Gasteiger partial charge >= 0.3 is 0 Å². The second kappa shape index (κ2) is 6.92. The zero-order valence-electron chi connectivity index (χ0n) is 13.4. The van der Waals surface area contributed by atoms with Crippen molar-refractivity contribution in [3.8, 4) is 11.1 Å². The number of aromatic nitrogens is 1. The Morgan fingerprint density at radius 2 is 2.12 bits per heavy atom. The van der Waals surface area contributed by atoms with Crippen molar-refractivity contribution in [2.24, 2.45) is 4.99 Å². The predicted octanol–water partition coefficient (Wildman–Crippen LogP) is 3.62. The lowest BCUT2D eigenvalue weighted by atomic mass is 10.1. The number of nitrogens with one attached hydrogen (secondary N) is 2. The van der Waals surface area contributed by atoms with E-state index < -0.39 is 0 Å². The summed E-state index contributed by atoms with van der Waals surface area (Å²) in [7, 11) is 0. The summed E-state index contributed by atoms with van der Waals surface area (Å²) in [5.74, 6) is 0.342. The van der Waals surface area contributed by atoms with Gasteiger partial charge in [-0.15, -0.1) is 0 Å². The third kappa shape index (κ3) is 2.99. The van der Waals surface area contributed by atoms with Crippen LogP contribution >= 0.6 is 23.2 Å². The van der Waals surface area contributed by atoms with Gasteiger partial charge in [-0.3, -0.25) is 14.8 Å². The van der Waals surface area contributed by atoms with E-state index in [0.29, 0.717) is 44.8 Å². The first kappa shape index (κ1) is 16.8. The van der Waals surface area contributed by atoms with Gasteiger partial charge in [-0.1, -0.05) is 35.3 Å². The van der Waals surface area contributed by atoms with E-state index in [1.807, 2.05) is 12.3 Å². The van der Waals surface area contributed by atoms with Crippen LogP contribution in [0.5, 0.6) is 0 Å². The fraction of sp³-hybridized carbons (Fsp3) is 0.0556. The molecule has 2 N–H and O–H groups in total. The van der Waals surface area contributed by atoms with Crippen molar-refractivity contribution in [3.63, 3.8) is 0 Å². The smallest absolute Gasteiger partial charge is 0.256 e. The molecule has 0 saturated heterocycles. The van der Waals surface area contributed by atoms with Crippen LogP contribution in [0, 0.1) is 0 Å². The third-order valence-electron chi connectivity index (χ3n) is 4.03. The van der Waals surface area contributed by atoms with Crippen LogP contribution in [0.2, 0.25) is 10.0 Å². The Labute approximate surface area is 159 Å². The van der Waals surface area contributed by atoms with Gasteiger partial charge in [-0.25, -0.2) is 10.4 Å². The first-order valence-corrected chi connectivity index (χ1v) is 8.57. The van der Waals surface area contributed by atoms with E-state index in [1.54, 1.807) is 47.9 Å². The molecular formula is C18H13Cl2N5O. The van der Waals surface area contributed by atoms with Crippen molar-refractivity contribution in [2.45, 2.75) is 0 Å². The minimum atomic E-state index is -0.243. The molecule has 0 saturated carbocycles.